The van der Waals surface area contributed by atoms with Gasteiger partial charge in [-0.1, -0.05) is 0 Å². The monoisotopic (exact) mass is 196 g/mol. The van der Waals surface area contributed by atoms with Crippen molar-refractivity contribution in [3.8, 4) is 0 Å². The van der Waals surface area contributed by atoms with Crippen molar-refractivity contribution in [2.75, 3.05) is 19.6 Å². The highest BCUT2D eigenvalue weighted by molar-refractivity contribution is 5.80. The summed E-state index contributed by atoms with van der Waals surface area (Å²) in [5.41, 5.74) is -0.0118. The molecule has 80 valence electrons. The zero-order valence-electron chi connectivity index (χ0n) is 9.42. The molecule has 0 aliphatic carbocycles. The molecule has 3 heterocycles. The number of piperidine rings is 1. The second-order valence-corrected chi connectivity index (χ2v) is 5.44. The van der Waals surface area contributed by atoms with E-state index in [1.165, 1.54) is 0 Å². The fraction of sp³-hybridized carbons (Fsp3) is 0.909. The van der Waals surface area contributed by atoms with Gasteiger partial charge in [-0.05, 0) is 33.6 Å². The summed E-state index contributed by atoms with van der Waals surface area (Å²) in [6.07, 6.45) is 2.31. The number of hydrogen-bond donors (Lipinski definition) is 0. The number of carbonyl (C=O) groups is 1. The third-order valence-corrected chi connectivity index (χ3v) is 3.27. The van der Waals surface area contributed by atoms with Crippen molar-refractivity contribution in [2.24, 2.45) is 0 Å². The maximum Gasteiger partial charge on any atom is 0.237 e. The molecule has 0 atom stereocenters. The summed E-state index contributed by atoms with van der Waals surface area (Å²) in [5, 5.41) is 0. The Morgan fingerprint density at radius 2 is 1.79 bits per heavy atom. The number of hydrogen-bond acceptors (Lipinski definition) is 2. The third-order valence-electron chi connectivity index (χ3n) is 3.27. The van der Waals surface area contributed by atoms with Crippen LogP contribution in [0, 0.1) is 0 Å². The van der Waals surface area contributed by atoms with E-state index in [1.54, 1.807) is 0 Å². The smallest absolute Gasteiger partial charge is 0.237 e. The Balaban J connectivity index is 2.25. The summed E-state index contributed by atoms with van der Waals surface area (Å²) < 4.78 is 0. The Morgan fingerprint density at radius 1 is 1.21 bits per heavy atom. The second-order valence-electron chi connectivity index (χ2n) is 5.44. The lowest BCUT2D eigenvalue weighted by Crippen LogP contribution is -2.51. The predicted octanol–water partition coefficient (Wildman–Crippen LogP) is 1.09. The van der Waals surface area contributed by atoms with Crippen molar-refractivity contribution in [3.63, 3.8) is 0 Å². The highest BCUT2D eigenvalue weighted by Gasteiger charge is 2.38. The summed E-state index contributed by atoms with van der Waals surface area (Å²) in [6, 6.07) is 0.487. The molecular formula is C11H20N2O. The van der Waals surface area contributed by atoms with Crippen LogP contribution in [0.3, 0.4) is 0 Å². The molecule has 3 nitrogen and oxygen atoms in total. The van der Waals surface area contributed by atoms with Crippen molar-refractivity contribution in [2.45, 2.75) is 45.2 Å². The van der Waals surface area contributed by atoms with Gasteiger partial charge in [0.25, 0.3) is 0 Å². The van der Waals surface area contributed by atoms with Gasteiger partial charge in [0.1, 0.15) is 0 Å². The topological polar surface area (TPSA) is 23.6 Å². The van der Waals surface area contributed by atoms with Crippen molar-refractivity contribution >= 4 is 5.91 Å². The van der Waals surface area contributed by atoms with E-state index in [1.807, 2.05) is 0 Å². The number of rotatable bonds is 0. The average molecular weight is 196 g/mol. The Labute approximate surface area is 86.1 Å². The van der Waals surface area contributed by atoms with Crippen LogP contribution in [0.15, 0.2) is 0 Å². The third kappa shape index (κ3) is 1.65. The van der Waals surface area contributed by atoms with Gasteiger partial charge in [-0.25, -0.2) is 0 Å². The van der Waals surface area contributed by atoms with Gasteiger partial charge in [-0.3, -0.25) is 9.69 Å². The molecule has 1 amide bonds. The maximum absolute atomic E-state index is 12.0. The van der Waals surface area contributed by atoms with Crippen LogP contribution < -0.4 is 0 Å². The van der Waals surface area contributed by atoms with Gasteiger partial charge in [-0.15, -0.1) is 0 Å². The van der Waals surface area contributed by atoms with Crippen LogP contribution in [-0.2, 0) is 4.79 Å². The summed E-state index contributed by atoms with van der Waals surface area (Å²) in [6.45, 7) is 9.25. The van der Waals surface area contributed by atoms with E-state index < -0.39 is 0 Å². The van der Waals surface area contributed by atoms with Crippen LogP contribution in [0.25, 0.3) is 0 Å². The van der Waals surface area contributed by atoms with E-state index in [0.717, 1.165) is 25.9 Å². The van der Waals surface area contributed by atoms with Gasteiger partial charge in [0.15, 0.2) is 0 Å². The zero-order valence-corrected chi connectivity index (χ0v) is 9.42. The molecule has 2 bridgehead atoms. The molecule has 0 unspecified atom stereocenters. The summed E-state index contributed by atoms with van der Waals surface area (Å²) in [5.74, 6) is 0.317. The predicted molar refractivity (Wildman–Crippen MR) is 56.1 cm³/mol. The first-order valence-corrected chi connectivity index (χ1v) is 5.53. The minimum Gasteiger partial charge on any atom is -0.334 e. The van der Waals surface area contributed by atoms with Crippen LogP contribution in [0.4, 0.5) is 0 Å². The Hall–Kier alpha value is -0.570. The lowest BCUT2D eigenvalue weighted by atomic mass is 9.98. The number of carbonyl (C=O) groups excluding carboxylic acids is 1. The first-order chi connectivity index (χ1) is 6.48. The molecular weight excluding hydrogens is 176 g/mol. The molecule has 0 N–H and O–H groups in total. The molecule has 3 rings (SSSR count). The largest absolute Gasteiger partial charge is 0.334 e. The van der Waals surface area contributed by atoms with E-state index >= 15 is 0 Å². The Bertz CT molecular complexity index is 236. The van der Waals surface area contributed by atoms with Gasteiger partial charge in [-0.2, -0.15) is 0 Å². The molecule has 0 aromatic rings. The van der Waals surface area contributed by atoms with Gasteiger partial charge < -0.3 is 4.90 Å². The SMILES string of the molecule is CC(C)(C)N1C(=O)CN2CCC1CC2. The molecule has 14 heavy (non-hydrogen) atoms. The first kappa shape index (κ1) is 9.97. The molecule has 0 saturated carbocycles. The van der Waals surface area contributed by atoms with E-state index in [4.69, 9.17) is 0 Å². The zero-order chi connectivity index (χ0) is 10.3. The molecule has 3 aliphatic rings. The molecule has 0 radical (unpaired) electrons. The number of amides is 1. The highest BCUT2D eigenvalue weighted by Crippen LogP contribution is 2.27. The molecule has 3 aliphatic heterocycles. The Kier molecular flexibility index (Phi) is 2.30. The lowest BCUT2D eigenvalue weighted by molar-refractivity contribution is -0.137. The molecule has 0 aromatic heterocycles. The van der Waals surface area contributed by atoms with Crippen LogP contribution in [0.1, 0.15) is 33.6 Å². The summed E-state index contributed by atoms with van der Waals surface area (Å²) in [4.78, 5) is 16.4. The molecule has 3 heteroatoms. The fourth-order valence-electron chi connectivity index (χ4n) is 2.73. The van der Waals surface area contributed by atoms with Gasteiger partial charge in [0.05, 0.1) is 6.54 Å². The normalized spacial score (nSPS) is 33.4. The summed E-state index contributed by atoms with van der Waals surface area (Å²) in [7, 11) is 0. The fourth-order valence-corrected chi connectivity index (χ4v) is 2.73. The Morgan fingerprint density at radius 3 is 2.29 bits per heavy atom. The van der Waals surface area contributed by atoms with Crippen LogP contribution in [-0.4, -0.2) is 46.9 Å². The van der Waals surface area contributed by atoms with Crippen molar-refractivity contribution < 1.29 is 4.79 Å². The van der Waals surface area contributed by atoms with E-state index in [0.29, 0.717) is 18.5 Å². The minimum absolute atomic E-state index is 0.0118. The standard InChI is InChI=1S/C11H20N2O/c1-11(2,3)13-9-4-6-12(7-5-9)8-10(13)14/h9H,4-8H2,1-3H3. The molecule has 3 saturated heterocycles. The van der Waals surface area contributed by atoms with E-state index in [-0.39, 0.29) is 5.54 Å². The molecule has 3 fully saturated rings. The van der Waals surface area contributed by atoms with Gasteiger partial charge in [0.2, 0.25) is 5.91 Å². The molecule has 0 aromatic carbocycles. The highest BCUT2D eigenvalue weighted by atomic mass is 16.2. The maximum atomic E-state index is 12.0. The van der Waals surface area contributed by atoms with Crippen LogP contribution in [0.2, 0.25) is 0 Å². The molecule has 0 spiro atoms. The summed E-state index contributed by atoms with van der Waals surface area (Å²) >= 11 is 0. The number of nitrogens with zero attached hydrogens (tertiary/aromatic N) is 2. The van der Waals surface area contributed by atoms with E-state index in [2.05, 4.69) is 30.6 Å². The van der Waals surface area contributed by atoms with Gasteiger partial charge in [0, 0.05) is 24.7 Å². The quantitative estimate of drug-likeness (QED) is 0.579. The van der Waals surface area contributed by atoms with Crippen molar-refractivity contribution in [1.82, 2.24) is 9.80 Å². The second kappa shape index (κ2) is 3.23. The van der Waals surface area contributed by atoms with E-state index in [9.17, 15) is 4.79 Å². The van der Waals surface area contributed by atoms with Crippen LogP contribution >= 0.6 is 0 Å². The van der Waals surface area contributed by atoms with Gasteiger partial charge >= 0.3 is 0 Å². The first-order valence-electron chi connectivity index (χ1n) is 5.53. The van der Waals surface area contributed by atoms with Crippen molar-refractivity contribution in [1.29, 1.82) is 0 Å². The lowest BCUT2D eigenvalue weighted by Gasteiger charge is -2.40. The average Bonchev–Trinajstić information content (AvgIpc) is 2.29. The van der Waals surface area contributed by atoms with Crippen LogP contribution in [0.5, 0.6) is 0 Å². The van der Waals surface area contributed by atoms with Crippen molar-refractivity contribution in [3.05, 3.63) is 0 Å². The minimum atomic E-state index is -0.0118. The number of fused-ring (bicyclic) bond motifs is 4.